The van der Waals surface area contributed by atoms with E-state index in [1.165, 1.54) is 0 Å². The minimum absolute atomic E-state index is 0.0256. The molecule has 3 aromatic rings. The summed E-state index contributed by atoms with van der Waals surface area (Å²) in [7, 11) is 3.13. The van der Waals surface area contributed by atoms with Crippen LogP contribution >= 0.6 is 11.6 Å². The number of hydrogen-bond donors (Lipinski definition) is 1. The highest BCUT2D eigenvalue weighted by Crippen LogP contribution is 2.40. The van der Waals surface area contributed by atoms with E-state index in [0.29, 0.717) is 34.0 Å². The van der Waals surface area contributed by atoms with Crippen molar-refractivity contribution in [1.82, 2.24) is 4.57 Å². The van der Waals surface area contributed by atoms with Crippen molar-refractivity contribution >= 4 is 28.2 Å². The van der Waals surface area contributed by atoms with E-state index in [2.05, 4.69) is 5.18 Å². The highest BCUT2D eigenvalue weighted by molar-refractivity contribution is 6.31. The average molecular weight is 347 g/mol. The number of halogens is 1. The molecule has 0 saturated heterocycles. The van der Waals surface area contributed by atoms with E-state index in [4.69, 9.17) is 21.1 Å². The minimum Gasteiger partial charge on any atom is -0.497 e. The van der Waals surface area contributed by atoms with Gasteiger partial charge in [0.15, 0.2) is 5.69 Å². The average Bonchev–Trinajstić information content (AvgIpc) is 2.85. The van der Waals surface area contributed by atoms with Gasteiger partial charge in [-0.05, 0) is 41.1 Å². The molecule has 124 valence electrons. The molecule has 24 heavy (non-hydrogen) atoms. The van der Waals surface area contributed by atoms with E-state index >= 15 is 0 Å². The Morgan fingerprint density at radius 3 is 2.38 bits per heavy atom. The number of aromatic nitrogens is 1. The van der Waals surface area contributed by atoms with Crippen LogP contribution < -0.4 is 9.47 Å². The molecule has 0 radical (unpaired) electrons. The van der Waals surface area contributed by atoms with Gasteiger partial charge in [0.1, 0.15) is 11.5 Å². The predicted octanol–water partition coefficient (Wildman–Crippen LogP) is 4.46. The summed E-state index contributed by atoms with van der Waals surface area (Å²) in [5.41, 5.74) is 1.47. The standard InChI is InChI=1S/C17H15ClN2O4/c1-23-12-5-10(6-13(8-12)24-2)9-20-15-4-3-11(18)7-14(15)16(19-22)17(20)21/h3-8,21H,9H2,1-2H3. The van der Waals surface area contributed by atoms with Crippen LogP contribution in [-0.4, -0.2) is 23.9 Å². The molecule has 0 unspecified atom stereocenters. The van der Waals surface area contributed by atoms with Crippen LogP contribution in [0.1, 0.15) is 5.56 Å². The fourth-order valence-electron chi connectivity index (χ4n) is 2.69. The number of fused-ring (bicyclic) bond motifs is 1. The molecule has 1 aromatic heterocycles. The number of nitrogens with zero attached hydrogens (tertiary/aromatic N) is 2. The van der Waals surface area contributed by atoms with Gasteiger partial charge in [0.2, 0.25) is 5.88 Å². The molecule has 7 heteroatoms. The first-order chi connectivity index (χ1) is 11.6. The molecular formula is C17H15ClN2O4. The van der Waals surface area contributed by atoms with Gasteiger partial charge in [0.25, 0.3) is 0 Å². The SMILES string of the molecule is COc1cc(Cn2c(O)c(N=O)c3cc(Cl)ccc32)cc(OC)c1. The van der Waals surface area contributed by atoms with E-state index in [9.17, 15) is 10.0 Å². The van der Waals surface area contributed by atoms with E-state index < -0.39 is 0 Å². The first-order valence-electron chi connectivity index (χ1n) is 7.13. The maximum Gasteiger partial charge on any atom is 0.222 e. The molecule has 0 aliphatic rings. The summed E-state index contributed by atoms with van der Waals surface area (Å²) >= 11 is 5.98. The van der Waals surface area contributed by atoms with E-state index in [0.717, 1.165) is 5.56 Å². The predicted molar refractivity (Wildman–Crippen MR) is 92.7 cm³/mol. The summed E-state index contributed by atoms with van der Waals surface area (Å²) in [6.45, 7) is 0.313. The highest BCUT2D eigenvalue weighted by Gasteiger charge is 2.18. The second-order valence-electron chi connectivity index (χ2n) is 5.23. The third-order valence-electron chi connectivity index (χ3n) is 3.82. The topological polar surface area (TPSA) is 73.0 Å². The Morgan fingerprint density at radius 2 is 1.79 bits per heavy atom. The van der Waals surface area contributed by atoms with Crippen molar-refractivity contribution in [3.05, 3.63) is 51.9 Å². The Hall–Kier alpha value is -2.73. The molecule has 0 aliphatic carbocycles. The quantitative estimate of drug-likeness (QED) is 0.692. The van der Waals surface area contributed by atoms with E-state index in [-0.39, 0.29) is 11.6 Å². The summed E-state index contributed by atoms with van der Waals surface area (Å²) in [5.74, 6) is 1.07. The van der Waals surface area contributed by atoms with Crippen molar-refractivity contribution in [2.75, 3.05) is 14.2 Å². The molecule has 0 saturated carbocycles. The van der Waals surface area contributed by atoms with Crippen molar-refractivity contribution < 1.29 is 14.6 Å². The van der Waals surface area contributed by atoms with Crippen LogP contribution in [0.25, 0.3) is 10.9 Å². The van der Waals surface area contributed by atoms with Crippen LogP contribution in [0.4, 0.5) is 5.69 Å². The molecular weight excluding hydrogens is 332 g/mol. The molecule has 1 heterocycles. The lowest BCUT2D eigenvalue weighted by molar-refractivity contribution is 0.392. The van der Waals surface area contributed by atoms with Crippen LogP contribution in [-0.2, 0) is 6.54 Å². The molecule has 0 amide bonds. The summed E-state index contributed by atoms with van der Waals surface area (Å²) in [4.78, 5) is 11.1. The van der Waals surface area contributed by atoms with Crippen molar-refractivity contribution in [3.8, 4) is 17.4 Å². The Morgan fingerprint density at radius 1 is 1.12 bits per heavy atom. The lowest BCUT2D eigenvalue weighted by Gasteiger charge is -2.11. The van der Waals surface area contributed by atoms with Gasteiger partial charge >= 0.3 is 0 Å². The number of aromatic hydroxyl groups is 1. The van der Waals surface area contributed by atoms with Crippen molar-refractivity contribution in [1.29, 1.82) is 0 Å². The second-order valence-corrected chi connectivity index (χ2v) is 5.67. The van der Waals surface area contributed by atoms with Crippen molar-refractivity contribution in [2.45, 2.75) is 6.54 Å². The van der Waals surface area contributed by atoms with Crippen LogP contribution in [0.5, 0.6) is 17.4 Å². The summed E-state index contributed by atoms with van der Waals surface area (Å²) in [6, 6.07) is 10.5. The lowest BCUT2D eigenvalue weighted by Crippen LogP contribution is -2.00. The van der Waals surface area contributed by atoms with Gasteiger partial charge in [-0.25, -0.2) is 0 Å². The monoisotopic (exact) mass is 346 g/mol. The number of benzene rings is 2. The zero-order valence-corrected chi connectivity index (χ0v) is 13.9. The summed E-state index contributed by atoms with van der Waals surface area (Å²) in [6.07, 6.45) is 0. The summed E-state index contributed by atoms with van der Waals surface area (Å²) < 4.78 is 12.1. The Kier molecular flexibility index (Phi) is 4.31. The largest absolute Gasteiger partial charge is 0.497 e. The third kappa shape index (κ3) is 2.76. The number of methoxy groups -OCH3 is 2. The molecule has 1 N–H and O–H groups in total. The number of hydrogen-bond acceptors (Lipinski definition) is 5. The molecule has 0 atom stereocenters. The maximum atomic E-state index is 11.1. The molecule has 0 aliphatic heterocycles. The normalized spacial score (nSPS) is 10.8. The van der Waals surface area contributed by atoms with Gasteiger partial charge in [-0.1, -0.05) is 11.6 Å². The molecule has 6 nitrogen and oxygen atoms in total. The highest BCUT2D eigenvalue weighted by atomic mass is 35.5. The Bertz CT molecular complexity index is 898. The number of nitroso groups, excluding NO2 is 1. The minimum atomic E-state index is -0.205. The van der Waals surface area contributed by atoms with Gasteiger partial charge < -0.3 is 19.1 Å². The van der Waals surface area contributed by atoms with Crippen LogP contribution in [0.15, 0.2) is 41.6 Å². The fourth-order valence-corrected chi connectivity index (χ4v) is 2.86. The first-order valence-corrected chi connectivity index (χ1v) is 7.51. The van der Waals surface area contributed by atoms with Gasteiger partial charge in [-0.3, -0.25) is 0 Å². The molecule has 0 fully saturated rings. The number of ether oxygens (including phenoxy) is 2. The fraction of sp³-hybridized carbons (Fsp3) is 0.176. The van der Waals surface area contributed by atoms with Gasteiger partial charge in [0, 0.05) is 16.5 Å². The van der Waals surface area contributed by atoms with Crippen molar-refractivity contribution in [3.63, 3.8) is 0 Å². The van der Waals surface area contributed by atoms with Gasteiger partial charge in [0.05, 0.1) is 26.3 Å². The van der Waals surface area contributed by atoms with Crippen LogP contribution in [0.2, 0.25) is 5.02 Å². The smallest absolute Gasteiger partial charge is 0.222 e. The summed E-state index contributed by atoms with van der Waals surface area (Å²) in [5, 5.41) is 14.3. The Labute approximate surface area is 143 Å². The molecule has 3 rings (SSSR count). The Balaban J connectivity index is 2.14. The number of rotatable bonds is 5. The molecule has 0 spiro atoms. The molecule has 2 aromatic carbocycles. The van der Waals surface area contributed by atoms with Gasteiger partial charge in [-0.2, -0.15) is 0 Å². The lowest BCUT2D eigenvalue weighted by atomic mass is 10.2. The molecule has 0 bridgehead atoms. The zero-order valence-electron chi connectivity index (χ0n) is 13.1. The van der Waals surface area contributed by atoms with Crippen LogP contribution in [0, 0.1) is 4.91 Å². The zero-order chi connectivity index (χ0) is 17.3. The third-order valence-corrected chi connectivity index (χ3v) is 4.05. The second kappa shape index (κ2) is 6.41. The van der Waals surface area contributed by atoms with Crippen LogP contribution in [0.3, 0.4) is 0 Å². The van der Waals surface area contributed by atoms with Gasteiger partial charge in [-0.15, -0.1) is 4.91 Å². The first kappa shape index (κ1) is 16.1. The van der Waals surface area contributed by atoms with E-state index in [1.54, 1.807) is 43.1 Å². The van der Waals surface area contributed by atoms with E-state index in [1.807, 2.05) is 12.1 Å². The van der Waals surface area contributed by atoms with Crippen molar-refractivity contribution in [2.24, 2.45) is 5.18 Å². The maximum absolute atomic E-state index is 11.1.